The SMILES string of the molecule is CC(=O)N(CC(N)=O)NC(=O)[C@H](C)NC(=O)[C@H](C)NC(=O)OCc1ccccc1. The number of nitrogens with one attached hydrogen (secondary N) is 3. The van der Waals surface area contributed by atoms with Crippen LogP contribution in [-0.4, -0.2) is 53.4 Å². The highest BCUT2D eigenvalue weighted by Crippen LogP contribution is 2.01. The van der Waals surface area contributed by atoms with Crippen molar-refractivity contribution in [2.75, 3.05) is 6.54 Å². The van der Waals surface area contributed by atoms with Gasteiger partial charge in [-0.2, -0.15) is 0 Å². The molecule has 5 amide bonds. The third-order valence-corrected chi connectivity index (χ3v) is 3.63. The fourth-order valence-corrected chi connectivity index (χ4v) is 2.03. The largest absolute Gasteiger partial charge is 0.445 e. The van der Waals surface area contributed by atoms with Gasteiger partial charge in [-0.1, -0.05) is 30.3 Å². The number of benzene rings is 1. The van der Waals surface area contributed by atoms with Crippen LogP contribution in [0.2, 0.25) is 0 Å². The van der Waals surface area contributed by atoms with Crippen LogP contribution in [0.1, 0.15) is 26.3 Å². The summed E-state index contributed by atoms with van der Waals surface area (Å²) in [7, 11) is 0. The molecule has 2 atom stereocenters. The molecule has 0 bridgehead atoms. The van der Waals surface area contributed by atoms with Crippen molar-refractivity contribution >= 4 is 29.7 Å². The van der Waals surface area contributed by atoms with Crippen molar-refractivity contribution < 1.29 is 28.7 Å². The van der Waals surface area contributed by atoms with Crippen molar-refractivity contribution in [3.8, 4) is 0 Å². The Morgan fingerprint density at radius 1 is 1.00 bits per heavy atom. The standard InChI is InChI=1S/C18H25N5O6/c1-11(21-18(28)29-10-14-7-5-4-6-8-14)16(26)20-12(2)17(27)22-23(13(3)24)9-15(19)25/h4-8,11-12H,9-10H2,1-3H3,(H2,19,25)(H,20,26)(H,21,28)(H,22,27)/t11-,12-/m0/s1. The van der Waals surface area contributed by atoms with E-state index in [1.54, 1.807) is 24.3 Å². The van der Waals surface area contributed by atoms with E-state index in [-0.39, 0.29) is 6.61 Å². The number of hydrazine groups is 1. The quantitative estimate of drug-likeness (QED) is 0.412. The Bertz CT molecular complexity index is 754. The molecule has 0 radical (unpaired) electrons. The second-order valence-corrected chi connectivity index (χ2v) is 6.21. The van der Waals surface area contributed by atoms with Gasteiger partial charge in [0.05, 0.1) is 0 Å². The lowest BCUT2D eigenvalue weighted by Crippen LogP contribution is -2.56. The van der Waals surface area contributed by atoms with Gasteiger partial charge in [0.2, 0.25) is 17.7 Å². The number of hydrogen-bond donors (Lipinski definition) is 4. The summed E-state index contributed by atoms with van der Waals surface area (Å²) in [6, 6.07) is 6.96. The fourth-order valence-electron chi connectivity index (χ4n) is 2.03. The van der Waals surface area contributed by atoms with Crippen molar-refractivity contribution in [2.45, 2.75) is 39.5 Å². The van der Waals surface area contributed by atoms with Crippen LogP contribution < -0.4 is 21.8 Å². The van der Waals surface area contributed by atoms with E-state index in [2.05, 4.69) is 16.1 Å². The Morgan fingerprint density at radius 3 is 2.14 bits per heavy atom. The zero-order valence-corrected chi connectivity index (χ0v) is 16.4. The zero-order valence-electron chi connectivity index (χ0n) is 16.4. The molecule has 0 saturated carbocycles. The number of ether oxygens (including phenoxy) is 1. The molecule has 158 valence electrons. The lowest BCUT2D eigenvalue weighted by atomic mass is 10.2. The van der Waals surface area contributed by atoms with E-state index >= 15 is 0 Å². The average Bonchev–Trinajstić information content (AvgIpc) is 2.65. The topological polar surface area (TPSA) is 160 Å². The molecule has 1 rings (SSSR count). The maximum absolute atomic E-state index is 12.1. The van der Waals surface area contributed by atoms with Gasteiger partial charge in [-0.05, 0) is 19.4 Å². The normalized spacial score (nSPS) is 12.1. The lowest BCUT2D eigenvalue weighted by Gasteiger charge is -2.23. The highest BCUT2D eigenvalue weighted by atomic mass is 16.5. The minimum Gasteiger partial charge on any atom is -0.445 e. The minimum absolute atomic E-state index is 0.0422. The summed E-state index contributed by atoms with van der Waals surface area (Å²) in [6.07, 6.45) is -0.794. The smallest absolute Gasteiger partial charge is 0.408 e. The Hall–Kier alpha value is -3.63. The Kier molecular flexibility index (Phi) is 9.10. The maximum Gasteiger partial charge on any atom is 0.408 e. The average molecular weight is 407 g/mol. The van der Waals surface area contributed by atoms with Crippen LogP contribution in [0.5, 0.6) is 0 Å². The number of carbonyl (C=O) groups excluding carboxylic acids is 5. The van der Waals surface area contributed by atoms with Crippen LogP contribution in [0, 0.1) is 0 Å². The van der Waals surface area contributed by atoms with Crippen LogP contribution >= 0.6 is 0 Å². The van der Waals surface area contributed by atoms with Crippen molar-refractivity contribution in [3.05, 3.63) is 35.9 Å². The Balaban J connectivity index is 2.47. The van der Waals surface area contributed by atoms with Crippen molar-refractivity contribution in [1.29, 1.82) is 0 Å². The van der Waals surface area contributed by atoms with Crippen molar-refractivity contribution in [3.63, 3.8) is 0 Å². The van der Waals surface area contributed by atoms with E-state index in [4.69, 9.17) is 10.5 Å². The second kappa shape index (κ2) is 11.3. The summed E-state index contributed by atoms with van der Waals surface area (Å²) in [5, 5.41) is 5.46. The van der Waals surface area contributed by atoms with Gasteiger partial charge in [-0.25, -0.2) is 9.80 Å². The molecule has 29 heavy (non-hydrogen) atoms. The molecule has 0 aliphatic rings. The lowest BCUT2D eigenvalue weighted by molar-refractivity contribution is -0.143. The van der Waals surface area contributed by atoms with Crippen LogP contribution in [-0.2, 0) is 30.5 Å². The predicted octanol–water partition coefficient (Wildman–Crippen LogP) is -0.829. The molecule has 0 saturated heterocycles. The fraction of sp³-hybridized carbons (Fsp3) is 0.389. The summed E-state index contributed by atoms with van der Waals surface area (Å²) in [5.41, 5.74) is 7.98. The first kappa shape index (κ1) is 23.4. The summed E-state index contributed by atoms with van der Waals surface area (Å²) < 4.78 is 5.02. The molecule has 0 aliphatic carbocycles. The van der Waals surface area contributed by atoms with E-state index in [1.165, 1.54) is 13.8 Å². The number of primary amides is 1. The molecular formula is C18H25N5O6. The van der Waals surface area contributed by atoms with Crippen molar-refractivity contribution in [2.24, 2.45) is 5.73 Å². The van der Waals surface area contributed by atoms with Gasteiger partial charge in [-0.3, -0.25) is 24.6 Å². The summed E-state index contributed by atoms with van der Waals surface area (Å²) in [6.45, 7) is 3.46. The zero-order chi connectivity index (χ0) is 22.0. The van der Waals surface area contributed by atoms with Gasteiger partial charge in [0.1, 0.15) is 25.2 Å². The molecular weight excluding hydrogens is 382 g/mol. The number of nitrogens with zero attached hydrogens (tertiary/aromatic N) is 1. The number of rotatable bonds is 8. The second-order valence-electron chi connectivity index (χ2n) is 6.21. The first-order chi connectivity index (χ1) is 13.6. The van der Waals surface area contributed by atoms with E-state index in [1.807, 2.05) is 6.07 Å². The van der Waals surface area contributed by atoms with E-state index in [0.717, 1.165) is 17.5 Å². The number of hydrogen-bond acceptors (Lipinski definition) is 6. The van der Waals surface area contributed by atoms with Crippen LogP contribution in [0.3, 0.4) is 0 Å². The van der Waals surface area contributed by atoms with E-state index < -0.39 is 48.4 Å². The predicted molar refractivity (Wildman–Crippen MR) is 102 cm³/mol. The van der Waals surface area contributed by atoms with Gasteiger partial charge in [0.15, 0.2) is 0 Å². The van der Waals surface area contributed by atoms with E-state index in [9.17, 15) is 24.0 Å². The molecule has 5 N–H and O–H groups in total. The number of carbonyl (C=O) groups is 5. The van der Waals surface area contributed by atoms with Gasteiger partial charge in [0, 0.05) is 6.92 Å². The highest BCUT2D eigenvalue weighted by molar-refractivity contribution is 5.92. The molecule has 0 fully saturated rings. The maximum atomic E-state index is 12.1. The molecule has 0 aromatic heterocycles. The summed E-state index contributed by atoms with van der Waals surface area (Å²) >= 11 is 0. The van der Waals surface area contributed by atoms with Gasteiger partial charge in [0.25, 0.3) is 5.91 Å². The molecule has 11 heteroatoms. The first-order valence-electron chi connectivity index (χ1n) is 8.74. The molecule has 1 aromatic carbocycles. The third kappa shape index (κ3) is 8.73. The molecule has 0 heterocycles. The van der Waals surface area contributed by atoms with E-state index in [0.29, 0.717) is 0 Å². The first-order valence-corrected chi connectivity index (χ1v) is 8.74. The number of amides is 5. The van der Waals surface area contributed by atoms with Crippen LogP contribution in [0.4, 0.5) is 4.79 Å². The third-order valence-electron chi connectivity index (χ3n) is 3.63. The number of nitrogens with two attached hydrogens (primary N) is 1. The Labute approximate surface area is 167 Å². The molecule has 0 spiro atoms. The molecule has 0 unspecified atom stereocenters. The molecule has 0 aliphatic heterocycles. The van der Waals surface area contributed by atoms with Crippen LogP contribution in [0.15, 0.2) is 30.3 Å². The van der Waals surface area contributed by atoms with Gasteiger partial charge < -0.3 is 21.1 Å². The van der Waals surface area contributed by atoms with Gasteiger partial charge >= 0.3 is 6.09 Å². The number of alkyl carbamates (subject to hydrolysis) is 1. The summed E-state index contributed by atoms with van der Waals surface area (Å²) in [5.74, 6) is -2.81. The minimum atomic E-state index is -1.05. The summed E-state index contributed by atoms with van der Waals surface area (Å²) in [4.78, 5) is 58.4. The van der Waals surface area contributed by atoms with Crippen molar-refractivity contribution in [1.82, 2.24) is 21.1 Å². The monoisotopic (exact) mass is 407 g/mol. The Morgan fingerprint density at radius 2 is 1.59 bits per heavy atom. The molecule has 1 aromatic rings. The molecule has 11 nitrogen and oxygen atoms in total. The van der Waals surface area contributed by atoms with Gasteiger partial charge in [-0.15, -0.1) is 0 Å². The highest BCUT2D eigenvalue weighted by Gasteiger charge is 2.23. The van der Waals surface area contributed by atoms with Crippen LogP contribution in [0.25, 0.3) is 0 Å².